The smallest absolute Gasteiger partial charge is 0.0531 e. The van der Waals surface area contributed by atoms with Crippen molar-refractivity contribution in [1.29, 1.82) is 0 Å². The van der Waals surface area contributed by atoms with E-state index in [4.69, 9.17) is 28.9 Å². The zero-order valence-corrected chi connectivity index (χ0v) is 47.6. The van der Waals surface area contributed by atoms with Gasteiger partial charge in [-0.05, 0) is 25.0 Å². The zero-order valence-electron chi connectivity index (χ0n) is 43.9. The van der Waals surface area contributed by atoms with Crippen molar-refractivity contribution in [2.24, 2.45) is 5.92 Å². The summed E-state index contributed by atoms with van der Waals surface area (Å²) in [5, 5.41) is 25.6. The van der Waals surface area contributed by atoms with Crippen molar-refractivity contribution in [3.05, 3.63) is 107 Å². The molecule has 0 saturated carbocycles. The summed E-state index contributed by atoms with van der Waals surface area (Å²) < 4.78 is 21.4. The number of nitrogens with one attached hydrogen (secondary N) is 2. The summed E-state index contributed by atoms with van der Waals surface area (Å²) in [6.07, 6.45) is 8.26. The Morgan fingerprint density at radius 3 is 2.57 bits per heavy atom. The molecule has 76 heavy (non-hydrogen) atoms. The number of carbonyl (C=O) groups excluding carboxylic acids is 2. The summed E-state index contributed by atoms with van der Waals surface area (Å²) in [5.74, 6) is 0.325. The molecule has 1 aliphatic carbocycles. The van der Waals surface area contributed by atoms with E-state index in [2.05, 4.69) is 69.0 Å². The Kier molecular flexibility index (Phi) is 13.1. The van der Waals surface area contributed by atoms with E-state index in [0.717, 1.165) is 87.6 Å². The third-order valence-electron chi connectivity index (χ3n) is 17.9. The van der Waals surface area contributed by atoms with E-state index in [1.807, 2.05) is 63.7 Å². The fraction of sp³-hybridized carbons (Fsp3) is 0.475. The van der Waals surface area contributed by atoms with Crippen LogP contribution >= 0.6 is 11.3 Å². The van der Waals surface area contributed by atoms with Crippen LogP contribution in [-0.4, -0.2) is 124 Å². The number of ether oxygens (including phenoxy) is 2. The van der Waals surface area contributed by atoms with Gasteiger partial charge in [-0.1, -0.05) is 24.3 Å². The molecule has 13 rings (SSSR count). The molecular weight excluding hydrogens is 1080 g/mol. The third-order valence-corrected chi connectivity index (χ3v) is 31.3. The van der Waals surface area contributed by atoms with E-state index in [9.17, 15) is 14.7 Å². The molecule has 5 aliphatic heterocycles. The minimum absolute atomic E-state index is 0.0615. The number of hydrogen-bond acceptors (Lipinski definition) is 14. The number of piperazine rings is 1. The Morgan fingerprint density at radius 1 is 0.987 bits per heavy atom. The van der Waals surface area contributed by atoms with Gasteiger partial charge in [-0.3, -0.25) is 0 Å². The normalized spacial score (nSPS) is 25.6. The van der Waals surface area contributed by atoms with E-state index in [0.29, 0.717) is 46.9 Å². The molecule has 5 saturated heterocycles. The van der Waals surface area contributed by atoms with Gasteiger partial charge in [0.05, 0.1) is 22.1 Å². The fourth-order valence-corrected chi connectivity index (χ4v) is 27.3. The minimum atomic E-state index is -2.16. The van der Waals surface area contributed by atoms with Crippen molar-refractivity contribution in [3.63, 3.8) is 0 Å². The van der Waals surface area contributed by atoms with Crippen LogP contribution in [0.3, 0.4) is 0 Å². The van der Waals surface area contributed by atoms with Gasteiger partial charge in [0, 0.05) is 0 Å². The SMILES string of the molecule is Cc1ncsc1-c1ccc([C@H](C)NC(=O)[C@@H]2C[C@@H](O)CN2C(=O)[C@@H](c2cc(OC[C@@H]3CC[C@@]4(COc5nc(N6CC7CCC(C6)N7)c6cnc7c(c6n5)C(C)c5cccc6cccc-7c56)CC[CH2][Sn]34)no2)C(C)C)cc1. The van der Waals surface area contributed by atoms with Crippen molar-refractivity contribution < 1.29 is 28.7 Å². The van der Waals surface area contributed by atoms with Gasteiger partial charge in [0.15, 0.2) is 0 Å². The first-order valence-corrected chi connectivity index (χ1v) is 33.5. The number of rotatable bonds is 14. The second kappa shape index (κ2) is 20.0. The molecule has 9 heterocycles. The molecule has 9 atom stereocenters. The maximum Gasteiger partial charge on any atom is -0.0531 e. The van der Waals surface area contributed by atoms with E-state index >= 15 is 0 Å². The number of carbonyl (C=O) groups is 2. The molecule has 6 aliphatic rings. The Balaban J connectivity index is 0.693. The Bertz CT molecular complexity index is 3350. The van der Waals surface area contributed by atoms with Crippen molar-refractivity contribution in [2.75, 3.05) is 37.7 Å². The largest absolute Gasteiger partial charge is 0.0563 e. The van der Waals surface area contributed by atoms with Crippen LogP contribution in [0.5, 0.6) is 11.9 Å². The van der Waals surface area contributed by atoms with Gasteiger partial charge < -0.3 is 0 Å². The molecule has 1 radical (unpaired) electrons. The number of fused-ring (bicyclic) bond motifs is 7. The zero-order chi connectivity index (χ0) is 52.0. The van der Waals surface area contributed by atoms with E-state index in [1.165, 1.54) is 44.9 Å². The summed E-state index contributed by atoms with van der Waals surface area (Å²) in [6.45, 7) is 13.2. The fourth-order valence-electron chi connectivity index (χ4n) is 14.1. The Morgan fingerprint density at radius 2 is 1.79 bits per heavy atom. The Hall–Kier alpha value is -5.69. The first-order valence-electron chi connectivity index (χ1n) is 27.5. The van der Waals surface area contributed by atoms with E-state index in [1.54, 1.807) is 17.4 Å². The summed E-state index contributed by atoms with van der Waals surface area (Å²) in [5.41, 5.74) is 10.4. The average molecular weight is 1150 g/mol. The van der Waals surface area contributed by atoms with Gasteiger partial charge in [0.1, 0.15) is 0 Å². The molecule has 4 aromatic heterocycles. The molecule has 5 fully saturated rings. The summed E-state index contributed by atoms with van der Waals surface area (Å²) in [4.78, 5) is 53.8. The summed E-state index contributed by atoms with van der Waals surface area (Å²) in [7, 11) is 0. The van der Waals surface area contributed by atoms with Crippen LogP contribution in [0.15, 0.2) is 83.0 Å². The topological polar surface area (TPSA) is 181 Å². The first kappa shape index (κ1) is 49.9. The van der Waals surface area contributed by atoms with Gasteiger partial charge in [0.2, 0.25) is 0 Å². The van der Waals surface area contributed by atoms with Crippen molar-refractivity contribution >= 4 is 70.4 Å². The molecule has 3 unspecified atom stereocenters. The number of benzene rings is 3. The molecule has 7 aromatic rings. The Labute approximate surface area is 454 Å². The number of anilines is 1. The number of β-amino-alcohol motifs (C(OH)–C–C–N with tert-alkyl or cyclic N) is 1. The molecule has 17 heteroatoms. The molecule has 2 bridgehead atoms. The second-order valence-corrected chi connectivity index (χ2v) is 33.6. The maximum absolute atomic E-state index is 14.5. The predicted octanol–water partition coefficient (Wildman–Crippen LogP) is 9.90. The van der Waals surface area contributed by atoms with Crippen LogP contribution in [0.1, 0.15) is 119 Å². The van der Waals surface area contributed by atoms with Gasteiger partial charge >= 0.3 is 369 Å². The molecule has 3 aromatic carbocycles. The minimum Gasteiger partial charge on any atom is -0.0563 e. The summed E-state index contributed by atoms with van der Waals surface area (Å²) >= 11 is -0.564. The average Bonchev–Trinajstić information content (AvgIpc) is 4.37. The number of hydrogen-bond donors (Lipinski definition) is 3. The number of aliphatic hydroxyl groups excluding tert-OH is 1. The maximum atomic E-state index is 14.5. The van der Waals surface area contributed by atoms with Crippen molar-refractivity contribution in [1.82, 2.24) is 40.6 Å². The van der Waals surface area contributed by atoms with Crippen LogP contribution < -0.4 is 25.0 Å². The quantitative estimate of drug-likeness (QED) is 0.0877. The van der Waals surface area contributed by atoms with Crippen LogP contribution in [0, 0.1) is 12.8 Å². The molecular formula is C59H66N9O6SSn. The van der Waals surface area contributed by atoms with E-state index < -0.39 is 37.8 Å². The van der Waals surface area contributed by atoms with Crippen molar-refractivity contribution in [2.45, 2.75) is 133 Å². The van der Waals surface area contributed by atoms with Gasteiger partial charge in [0.25, 0.3) is 0 Å². The predicted molar refractivity (Wildman–Crippen MR) is 295 cm³/mol. The number of likely N-dealkylation sites (tertiary alicyclic amines) is 1. The van der Waals surface area contributed by atoms with Gasteiger partial charge in [-0.2, -0.15) is 0 Å². The first-order chi connectivity index (χ1) is 36.9. The van der Waals surface area contributed by atoms with Crippen molar-refractivity contribution in [3.8, 4) is 33.6 Å². The molecule has 2 amide bonds. The van der Waals surface area contributed by atoms with Crippen LogP contribution in [0.25, 0.3) is 43.4 Å². The number of amides is 2. The molecule has 3 N–H and O–H groups in total. The number of nitrogens with zero attached hydrogens (tertiary/aromatic N) is 7. The monoisotopic (exact) mass is 1150 g/mol. The molecule has 15 nitrogen and oxygen atoms in total. The second-order valence-electron chi connectivity index (χ2n) is 22.9. The van der Waals surface area contributed by atoms with E-state index in [-0.39, 0.29) is 46.1 Å². The van der Waals surface area contributed by atoms with Gasteiger partial charge in [-0.15, -0.1) is 11.3 Å². The number of aliphatic hydroxyl groups is 1. The summed E-state index contributed by atoms with van der Waals surface area (Å²) in [6, 6.07) is 23.2. The number of pyridine rings is 1. The molecule has 0 spiro atoms. The van der Waals surface area contributed by atoms with Crippen LogP contribution in [-0.2, 0) is 9.59 Å². The molecule has 393 valence electrons. The van der Waals surface area contributed by atoms with Crippen LogP contribution in [0.2, 0.25) is 11.8 Å². The van der Waals surface area contributed by atoms with Crippen LogP contribution in [0.4, 0.5) is 5.82 Å². The van der Waals surface area contributed by atoms with Gasteiger partial charge in [-0.25, -0.2) is 4.98 Å². The number of thiazole rings is 1. The standard InChI is InChI=1S/C59H66N9O6S.Sn/c1-7-12-37(31-73-59-64-54-46(56(65-59)67-28-41-22-23-42(29-67)63-41)27-60-53-45-17-11-15-39-14-10-16-44(52(39)45)34(4)51(53)54)13-8-9-24-72-49-26-48(74-66-49)50(33(2)3)58(71)68-30-43(69)25-47(68)57(70)62-35(5)38-18-20-40(21-19-38)55-36(6)61-32-75-55;/h9-11,14-21,26-27,32-35,41-43,47,50,63,69H,1,7-8,12-13,22-25,28-31H2,2-6H3,(H,62,70);/t34?,35-,41?,42?,43+,47-,50+;/m0./s1. The third kappa shape index (κ3) is 8.82. The number of aryl methyl sites for hydroxylation is 1. The number of aromatic nitrogens is 5.